The summed E-state index contributed by atoms with van der Waals surface area (Å²) in [7, 11) is 1.54. The predicted molar refractivity (Wildman–Crippen MR) is 101 cm³/mol. The van der Waals surface area contributed by atoms with Gasteiger partial charge in [-0.05, 0) is 43.9 Å². The van der Waals surface area contributed by atoms with E-state index >= 15 is 0 Å². The van der Waals surface area contributed by atoms with Crippen molar-refractivity contribution >= 4 is 22.8 Å². The van der Waals surface area contributed by atoms with Crippen LogP contribution in [0.3, 0.4) is 0 Å². The molecule has 146 valence electrons. The van der Waals surface area contributed by atoms with Crippen LogP contribution >= 0.6 is 0 Å². The first-order valence-electron chi connectivity index (χ1n) is 8.77. The average molecular weight is 375 g/mol. The van der Waals surface area contributed by atoms with E-state index in [-0.39, 0.29) is 17.9 Å². The molecule has 2 aromatic rings. The Morgan fingerprint density at radius 1 is 1.22 bits per heavy atom. The molecule has 27 heavy (non-hydrogen) atoms. The summed E-state index contributed by atoms with van der Waals surface area (Å²) in [5, 5.41) is 12.5. The monoisotopic (exact) mass is 375 g/mol. The number of nitrogens with one attached hydrogen (secondary N) is 1. The summed E-state index contributed by atoms with van der Waals surface area (Å²) < 4.78 is 10.7. The van der Waals surface area contributed by atoms with Crippen molar-refractivity contribution < 1.29 is 23.8 Å². The number of fused-ring (bicyclic) bond motifs is 1. The van der Waals surface area contributed by atoms with E-state index in [1.54, 1.807) is 26.0 Å². The quantitative estimate of drug-likeness (QED) is 0.721. The van der Waals surface area contributed by atoms with Crippen LogP contribution in [0, 0.1) is 19.8 Å². The molecule has 1 aromatic heterocycles. The van der Waals surface area contributed by atoms with Gasteiger partial charge in [0.15, 0.2) is 0 Å². The summed E-state index contributed by atoms with van der Waals surface area (Å²) in [5.74, 6) is -0.907. The van der Waals surface area contributed by atoms with Crippen molar-refractivity contribution in [3.63, 3.8) is 0 Å². The number of aryl methyl sites for hydroxylation is 2. The Labute approximate surface area is 157 Å². The van der Waals surface area contributed by atoms with Gasteiger partial charge in [-0.15, -0.1) is 0 Å². The molecule has 0 saturated heterocycles. The molecule has 1 aromatic carbocycles. The minimum absolute atomic E-state index is 0.108. The van der Waals surface area contributed by atoms with Crippen molar-refractivity contribution in [2.45, 2.75) is 46.6 Å². The van der Waals surface area contributed by atoms with Crippen molar-refractivity contribution in [2.24, 2.45) is 5.92 Å². The molecule has 7 heteroatoms. The SMILES string of the molecule is COc1ccc2c(C)c(CC(=O)N[C@H](CC(C)C)C(=O)O)c(=O)oc2c1C. The second-order valence-electron chi connectivity index (χ2n) is 7.03. The van der Waals surface area contributed by atoms with Crippen LogP contribution in [0.1, 0.15) is 37.0 Å². The van der Waals surface area contributed by atoms with Crippen LogP contribution in [-0.4, -0.2) is 30.1 Å². The van der Waals surface area contributed by atoms with Gasteiger partial charge in [-0.25, -0.2) is 9.59 Å². The molecule has 0 radical (unpaired) electrons. The van der Waals surface area contributed by atoms with E-state index in [2.05, 4.69) is 5.32 Å². The summed E-state index contributed by atoms with van der Waals surface area (Å²) in [6, 6.07) is 2.56. The maximum absolute atomic E-state index is 12.4. The van der Waals surface area contributed by atoms with Crippen molar-refractivity contribution in [1.29, 1.82) is 0 Å². The lowest BCUT2D eigenvalue weighted by Gasteiger charge is -2.17. The van der Waals surface area contributed by atoms with Gasteiger partial charge in [0, 0.05) is 10.9 Å². The third-order valence-electron chi connectivity index (χ3n) is 4.55. The summed E-state index contributed by atoms with van der Waals surface area (Å²) in [5.41, 5.74) is 1.37. The Kier molecular flexibility index (Phi) is 6.25. The molecule has 2 rings (SSSR count). The number of hydrogen-bond donors (Lipinski definition) is 2. The molecule has 0 spiro atoms. The van der Waals surface area contributed by atoms with E-state index in [4.69, 9.17) is 9.15 Å². The molecule has 0 unspecified atom stereocenters. The molecule has 2 N–H and O–H groups in total. The first kappa shape index (κ1) is 20.5. The highest BCUT2D eigenvalue weighted by Crippen LogP contribution is 2.29. The highest BCUT2D eigenvalue weighted by molar-refractivity contribution is 5.88. The molecule has 0 fully saturated rings. The van der Waals surface area contributed by atoms with Crippen molar-refractivity contribution in [3.05, 3.63) is 39.2 Å². The molecule has 0 aliphatic heterocycles. The third kappa shape index (κ3) is 4.48. The summed E-state index contributed by atoms with van der Waals surface area (Å²) in [6.07, 6.45) is 0.0719. The number of carbonyl (C=O) groups is 2. The average Bonchev–Trinajstić information content (AvgIpc) is 2.58. The lowest BCUT2D eigenvalue weighted by Crippen LogP contribution is -2.42. The number of carboxylic acids is 1. The van der Waals surface area contributed by atoms with E-state index < -0.39 is 23.5 Å². The lowest BCUT2D eigenvalue weighted by atomic mass is 10.0. The third-order valence-corrected chi connectivity index (χ3v) is 4.55. The molecule has 7 nitrogen and oxygen atoms in total. The van der Waals surface area contributed by atoms with Gasteiger partial charge in [0.05, 0.1) is 19.1 Å². The Balaban J connectivity index is 2.35. The molecule has 0 saturated carbocycles. The number of benzene rings is 1. The number of rotatable bonds is 7. The molecule has 0 bridgehead atoms. The number of methoxy groups -OCH3 is 1. The number of aliphatic carboxylic acids is 1. The zero-order valence-electron chi connectivity index (χ0n) is 16.2. The number of amides is 1. The largest absolute Gasteiger partial charge is 0.496 e. The van der Waals surface area contributed by atoms with Crippen molar-refractivity contribution in [3.8, 4) is 5.75 Å². The number of ether oxygens (including phenoxy) is 1. The standard InChI is InChI=1S/C20H25NO6/c1-10(2)8-15(19(23)24)21-17(22)9-14-11(3)13-6-7-16(26-5)12(4)18(13)27-20(14)25/h6-7,10,15H,8-9H2,1-5H3,(H,21,22)(H,23,24)/t15-/m1/s1. The van der Waals surface area contributed by atoms with E-state index in [1.807, 2.05) is 13.8 Å². The molecular weight excluding hydrogens is 350 g/mol. The van der Waals surface area contributed by atoms with Crippen LogP contribution in [0.2, 0.25) is 0 Å². The summed E-state index contributed by atoms with van der Waals surface area (Å²) in [6.45, 7) is 7.29. The van der Waals surface area contributed by atoms with E-state index in [1.165, 1.54) is 7.11 Å². The van der Waals surface area contributed by atoms with Gasteiger partial charge in [-0.1, -0.05) is 13.8 Å². The smallest absolute Gasteiger partial charge is 0.340 e. The van der Waals surface area contributed by atoms with Gasteiger partial charge in [-0.3, -0.25) is 4.79 Å². The lowest BCUT2D eigenvalue weighted by molar-refractivity contribution is -0.142. The van der Waals surface area contributed by atoms with Crippen LogP contribution < -0.4 is 15.7 Å². The van der Waals surface area contributed by atoms with Crippen LogP contribution in [0.15, 0.2) is 21.3 Å². The Morgan fingerprint density at radius 2 is 1.89 bits per heavy atom. The summed E-state index contributed by atoms with van der Waals surface area (Å²) >= 11 is 0. The van der Waals surface area contributed by atoms with Crippen LogP contribution in [0.5, 0.6) is 5.75 Å². The first-order valence-corrected chi connectivity index (χ1v) is 8.77. The second-order valence-corrected chi connectivity index (χ2v) is 7.03. The molecular formula is C20H25NO6. The fraction of sp³-hybridized carbons (Fsp3) is 0.450. The van der Waals surface area contributed by atoms with Gasteiger partial charge in [0.1, 0.15) is 17.4 Å². The predicted octanol–water partition coefficient (Wildman–Crippen LogP) is 2.58. The highest BCUT2D eigenvalue weighted by Gasteiger charge is 2.23. The van der Waals surface area contributed by atoms with E-state index in [0.29, 0.717) is 34.3 Å². The molecule has 1 heterocycles. The Bertz CT molecular complexity index is 928. The van der Waals surface area contributed by atoms with Crippen LogP contribution in [0.4, 0.5) is 0 Å². The van der Waals surface area contributed by atoms with Gasteiger partial charge >= 0.3 is 11.6 Å². The van der Waals surface area contributed by atoms with Crippen LogP contribution in [-0.2, 0) is 16.0 Å². The maximum atomic E-state index is 12.4. The van der Waals surface area contributed by atoms with Crippen LogP contribution in [0.25, 0.3) is 11.0 Å². The molecule has 1 atom stereocenters. The van der Waals surface area contributed by atoms with Gasteiger partial charge in [0.25, 0.3) is 0 Å². The minimum atomic E-state index is -1.10. The number of carboxylic acid groups (broad SMARTS) is 1. The zero-order valence-corrected chi connectivity index (χ0v) is 16.2. The van der Waals surface area contributed by atoms with Gasteiger partial charge in [-0.2, -0.15) is 0 Å². The fourth-order valence-corrected chi connectivity index (χ4v) is 3.10. The fourth-order valence-electron chi connectivity index (χ4n) is 3.10. The van der Waals surface area contributed by atoms with Gasteiger partial charge in [0.2, 0.25) is 5.91 Å². The normalized spacial score (nSPS) is 12.2. The molecule has 0 aliphatic carbocycles. The first-order chi connectivity index (χ1) is 12.6. The molecule has 0 aliphatic rings. The highest BCUT2D eigenvalue weighted by atomic mass is 16.5. The van der Waals surface area contributed by atoms with Gasteiger partial charge < -0.3 is 19.6 Å². The van der Waals surface area contributed by atoms with Crippen molar-refractivity contribution in [2.75, 3.05) is 7.11 Å². The number of hydrogen-bond acceptors (Lipinski definition) is 5. The second kappa shape index (κ2) is 8.24. The zero-order chi connectivity index (χ0) is 20.3. The molecule has 1 amide bonds. The maximum Gasteiger partial charge on any atom is 0.340 e. The van der Waals surface area contributed by atoms with E-state index in [9.17, 15) is 19.5 Å². The number of carbonyl (C=O) groups excluding carboxylic acids is 1. The van der Waals surface area contributed by atoms with E-state index in [0.717, 1.165) is 0 Å². The minimum Gasteiger partial charge on any atom is -0.496 e. The Hall–Kier alpha value is -2.83. The van der Waals surface area contributed by atoms with Crippen molar-refractivity contribution in [1.82, 2.24) is 5.32 Å². The Morgan fingerprint density at radius 3 is 2.44 bits per heavy atom. The topological polar surface area (TPSA) is 106 Å². The summed E-state index contributed by atoms with van der Waals surface area (Å²) in [4.78, 5) is 36.1.